The SMILES string of the molecule is CCC(=O)c1cccc(O)c1N. The minimum absolute atomic E-state index is 0.0331. The first kappa shape index (κ1) is 8.59. The molecule has 3 N–H and O–H groups in total. The highest BCUT2D eigenvalue weighted by atomic mass is 16.3. The van der Waals surface area contributed by atoms with Crippen LogP contribution in [0.15, 0.2) is 18.2 Å². The number of anilines is 1. The van der Waals surface area contributed by atoms with Gasteiger partial charge in [0.1, 0.15) is 5.75 Å². The quantitative estimate of drug-likeness (QED) is 0.397. The topological polar surface area (TPSA) is 63.3 Å². The molecule has 1 aromatic rings. The van der Waals surface area contributed by atoms with Crippen LogP contribution in [0.1, 0.15) is 23.7 Å². The molecule has 0 amide bonds. The van der Waals surface area contributed by atoms with Crippen LogP contribution in [0.3, 0.4) is 0 Å². The maximum absolute atomic E-state index is 11.2. The molecule has 12 heavy (non-hydrogen) atoms. The van der Waals surface area contributed by atoms with E-state index in [0.29, 0.717) is 12.0 Å². The van der Waals surface area contributed by atoms with Crippen LogP contribution in [0, 0.1) is 0 Å². The second-order valence-corrected chi connectivity index (χ2v) is 2.52. The Morgan fingerprint density at radius 3 is 2.83 bits per heavy atom. The van der Waals surface area contributed by atoms with Crippen molar-refractivity contribution in [1.82, 2.24) is 0 Å². The molecule has 1 aromatic carbocycles. The Balaban J connectivity index is 3.16. The number of hydrogen-bond donors (Lipinski definition) is 2. The molecule has 1 rings (SSSR count). The molecule has 3 nitrogen and oxygen atoms in total. The zero-order valence-corrected chi connectivity index (χ0v) is 6.87. The number of carbonyl (C=O) groups is 1. The van der Waals surface area contributed by atoms with Gasteiger partial charge in [-0.25, -0.2) is 0 Å². The molecule has 0 heterocycles. The highest BCUT2D eigenvalue weighted by Gasteiger charge is 2.09. The molecule has 0 aliphatic heterocycles. The Hall–Kier alpha value is -1.51. The van der Waals surface area contributed by atoms with Gasteiger partial charge in [0, 0.05) is 12.0 Å². The van der Waals surface area contributed by atoms with E-state index in [0.717, 1.165) is 0 Å². The van der Waals surface area contributed by atoms with Crippen LogP contribution in [0.5, 0.6) is 5.75 Å². The van der Waals surface area contributed by atoms with Crippen LogP contribution in [0.2, 0.25) is 0 Å². The third-order valence-electron chi connectivity index (χ3n) is 1.70. The van der Waals surface area contributed by atoms with Crippen molar-refractivity contribution in [3.05, 3.63) is 23.8 Å². The van der Waals surface area contributed by atoms with Crippen molar-refractivity contribution in [2.24, 2.45) is 0 Å². The number of rotatable bonds is 2. The van der Waals surface area contributed by atoms with E-state index in [4.69, 9.17) is 10.8 Å². The van der Waals surface area contributed by atoms with Crippen LogP contribution < -0.4 is 5.73 Å². The van der Waals surface area contributed by atoms with Gasteiger partial charge in [0.15, 0.2) is 5.78 Å². The highest BCUT2D eigenvalue weighted by Crippen LogP contribution is 2.24. The molecule has 0 aromatic heterocycles. The Morgan fingerprint density at radius 2 is 2.25 bits per heavy atom. The second-order valence-electron chi connectivity index (χ2n) is 2.52. The van der Waals surface area contributed by atoms with E-state index in [9.17, 15) is 4.79 Å². The Bertz CT molecular complexity index is 307. The number of benzene rings is 1. The van der Waals surface area contributed by atoms with Gasteiger partial charge in [-0.1, -0.05) is 13.0 Å². The predicted octanol–water partition coefficient (Wildman–Crippen LogP) is 1.57. The molecule has 0 saturated heterocycles. The second kappa shape index (κ2) is 3.26. The van der Waals surface area contributed by atoms with E-state index < -0.39 is 0 Å². The lowest BCUT2D eigenvalue weighted by atomic mass is 10.1. The largest absolute Gasteiger partial charge is 0.506 e. The smallest absolute Gasteiger partial charge is 0.164 e. The Labute approximate surface area is 70.8 Å². The molecule has 0 aliphatic carbocycles. The van der Waals surface area contributed by atoms with Crippen molar-refractivity contribution < 1.29 is 9.90 Å². The summed E-state index contributed by atoms with van der Waals surface area (Å²) < 4.78 is 0. The van der Waals surface area contributed by atoms with Crippen LogP contribution in [0.4, 0.5) is 5.69 Å². The molecule has 3 heteroatoms. The first-order valence-corrected chi connectivity index (χ1v) is 3.77. The molecule has 64 valence electrons. The summed E-state index contributed by atoms with van der Waals surface area (Å²) in [5.41, 5.74) is 6.06. The van der Waals surface area contributed by atoms with Crippen molar-refractivity contribution in [2.45, 2.75) is 13.3 Å². The molecule has 0 radical (unpaired) electrons. The van der Waals surface area contributed by atoms with Crippen LogP contribution in [-0.2, 0) is 0 Å². The number of Topliss-reactive ketones (excluding diaryl/α,β-unsaturated/α-hetero) is 1. The summed E-state index contributed by atoms with van der Waals surface area (Å²) in [6.07, 6.45) is 0.396. The molecular weight excluding hydrogens is 154 g/mol. The summed E-state index contributed by atoms with van der Waals surface area (Å²) in [4.78, 5) is 11.2. The van der Waals surface area contributed by atoms with Crippen molar-refractivity contribution in [1.29, 1.82) is 0 Å². The van der Waals surface area contributed by atoms with Crippen molar-refractivity contribution in [3.63, 3.8) is 0 Å². The Kier molecular flexibility index (Phi) is 2.33. The average Bonchev–Trinajstić information content (AvgIpc) is 2.08. The number of aromatic hydroxyl groups is 1. The first-order valence-electron chi connectivity index (χ1n) is 3.77. The number of phenols is 1. The third kappa shape index (κ3) is 1.39. The van der Waals surface area contributed by atoms with Gasteiger partial charge in [0.05, 0.1) is 5.69 Å². The summed E-state index contributed by atoms with van der Waals surface area (Å²) in [7, 11) is 0. The number of nitrogens with two attached hydrogens (primary N) is 1. The molecule has 0 unspecified atom stereocenters. The predicted molar refractivity (Wildman–Crippen MR) is 47.1 cm³/mol. The molecule has 0 bridgehead atoms. The van der Waals surface area contributed by atoms with Gasteiger partial charge in [-0.3, -0.25) is 4.79 Å². The van der Waals surface area contributed by atoms with Gasteiger partial charge >= 0.3 is 0 Å². The minimum Gasteiger partial charge on any atom is -0.506 e. The normalized spacial score (nSPS) is 9.75. The zero-order chi connectivity index (χ0) is 9.14. The lowest BCUT2D eigenvalue weighted by molar-refractivity contribution is 0.0988. The fourth-order valence-corrected chi connectivity index (χ4v) is 0.987. The van der Waals surface area contributed by atoms with Gasteiger partial charge in [0.2, 0.25) is 0 Å². The number of carbonyl (C=O) groups excluding carboxylic acids is 1. The molecular formula is C9H11NO2. The van der Waals surface area contributed by atoms with Gasteiger partial charge in [-0.05, 0) is 12.1 Å². The fourth-order valence-electron chi connectivity index (χ4n) is 0.987. The molecule has 0 spiro atoms. The summed E-state index contributed by atoms with van der Waals surface area (Å²) in [6.45, 7) is 1.76. The first-order chi connectivity index (χ1) is 5.66. The summed E-state index contributed by atoms with van der Waals surface area (Å²) >= 11 is 0. The van der Waals surface area contributed by atoms with Crippen molar-refractivity contribution >= 4 is 11.5 Å². The highest BCUT2D eigenvalue weighted by molar-refractivity contribution is 6.01. The minimum atomic E-state index is -0.0524. The molecule has 0 aliphatic rings. The average molecular weight is 165 g/mol. The number of ketones is 1. The van der Waals surface area contributed by atoms with E-state index in [1.54, 1.807) is 19.1 Å². The zero-order valence-electron chi connectivity index (χ0n) is 6.87. The fraction of sp³-hybridized carbons (Fsp3) is 0.222. The maximum Gasteiger partial charge on any atom is 0.164 e. The van der Waals surface area contributed by atoms with E-state index in [2.05, 4.69) is 0 Å². The monoisotopic (exact) mass is 165 g/mol. The molecule has 0 fully saturated rings. The summed E-state index contributed by atoms with van der Waals surface area (Å²) in [5, 5.41) is 9.17. The van der Waals surface area contributed by atoms with E-state index >= 15 is 0 Å². The number of phenolic OH excluding ortho intramolecular Hbond substituents is 1. The van der Waals surface area contributed by atoms with Crippen LogP contribution >= 0.6 is 0 Å². The van der Waals surface area contributed by atoms with E-state index in [-0.39, 0.29) is 17.2 Å². The molecule has 0 atom stereocenters. The standard InChI is InChI=1S/C9H11NO2/c1-2-7(11)6-4-3-5-8(12)9(6)10/h3-5,12H,2,10H2,1H3. The van der Waals surface area contributed by atoms with Crippen molar-refractivity contribution in [3.8, 4) is 5.75 Å². The third-order valence-corrected chi connectivity index (χ3v) is 1.70. The van der Waals surface area contributed by atoms with E-state index in [1.165, 1.54) is 6.07 Å². The van der Waals surface area contributed by atoms with Crippen LogP contribution in [-0.4, -0.2) is 10.9 Å². The van der Waals surface area contributed by atoms with Crippen LogP contribution in [0.25, 0.3) is 0 Å². The number of hydrogen-bond acceptors (Lipinski definition) is 3. The van der Waals surface area contributed by atoms with Gasteiger partial charge in [-0.2, -0.15) is 0 Å². The summed E-state index contributed by atoms with van der Waals surface area (Å²) in [6, 6.07) is 4.68. The van der Waals surface area contributed by atoms with Gasteiger partial charge in [-0.15, -0.1) is 0 Å². The van der Waals surface area contributed by atoms with Crippen molar-refractivity contribution in [2.75, 3.05) is 5.73 Å². The van der Waals surface area contributed by atoms with Gasteiger partial charge in [0.25, 0.3) is 0 Å². The number of para-hydroxylation sites is 1. The lowest BCUT2D eigenvalue weighted by Crippen LogP contribution is -2.01. The van der Waals surface area contributed by atoms with Gasteiger partial charge < -0.3 is 10.8 Å². The molecule has 0 saturated carbocycles. The maximum atomic E-state index is 11.2. The lowest BCUT2D eigenvalue weighted by Gasteiger charge is -2.03. The summed E-state index contributed by atoms with van der Waals surface area (Å²) in [5.74, 6) is -0.0855. The van der Waals surface area contributed by atoms with E-state index in [1.807, 2.05) is 0 Å². The number of nitrogen functional groups attached to an aromatic ring is 1. The Morgan fingerprint density at radius 1 is 1.58 bits per heavy atom.